The lowest BCUT2D eigenvalue weighted by Gasteiger charge is -2.07. The third-order valence-electron chi connectivity index (χ3n) is 2.29. The number of amides is 1. The van der Waals surface area contributed by atoms with Crippen LogP contribution < -0.4 is 10.1 Å². The van der Waals surface area contributed by atoms with Crippen LogP contribution in [0.15, 0.2) is 18.3 Å². The van der Waals surface area contributed by atoms with E-state index in [1.165, 1.54) is 11.3 Å². The third kappa shape index (κ3) is 3.25. The zero-order valence-electron chi connectivity index (χ0n) is 10.7. The first-order chi connectivity index (χ1) is 9.24. The van der Waals surface area contributed by atoms with Crippen LogP contribution in [-0.4, -0.2) is 27.7 Å². The van der Waals surface area contributed by atoms with Crippen molar-refractivity contribution in [2.24, 2.45) is 0 Å². The number of pyridine rings is 1. The fourth-order valence-electron chi connectivity index (χ4n) is 1.43. The van der Waals surface area contributed by atoms with Crippen molar-refractivity contribution < 1.29 is 9.53 Å². The quantitative estimate of drug-likeness (QED) is 0.906. The summed E-state index contributed by atoms with van der Waals surface area (Å²) in [4.78, 5) is 16.2. The van der Waals surface area contributed by atoms with E-state index in [1.54, 1.807) is 18.3 Å². The predicted molar refractivity (Wildman–Crippen MR) is 72.6 cm³/mol. The highest BCUT2D eigenvalue weighted by Crippen LogP contribution is 2.19. The second-order valence-corrected chi connectivity index (χ2v) is 4.66. The molecule has 0 aromatic carbocycles. The Hall–Kier alpha value is -2.02. The molecule has 0 saturated carbocycles. The van der Waals surface area contributed by atoms with Gasteiger partial charge in [-0.3, -0.25) is 10.1 Å². The number of aryl methyl sites for hydroxylation is 1. The monoisotopic (exact) mass is 278 g/mol. The molecule has 7 heteroatoms. The topological polar surface area (TPSA) is 77.0 Å². The van der Waals surface area contributed by atoms with Crippen LogP contribution >= 0.6 is 11.3 Å². The van der Waals surface area contributed by atoms with Crippen molar-refractivity contribution in [3.63, 3.8) is 0 Å². The van der Waals surface area contributed by atoms with Crippen molar-refractivity contribution in [3.05, 3.63) is 28.9 Å². The number of anilines is 1. The molecule has 1 amide bonds. The van der Waals surface area contributed by atoms with Gasteiger partial charge in [-0.05, 0) is 25.5 Å². The lowest BCUT2D eigenvalue weighted by molar-refractivity contribution is 0.102. The van der Waals surface area contributed by atoms with Crippen LogP contribution in [0, 0.1) is 0 Å². The minimum Gasteiger partial charge on any atom is -0.477 e. The minimum atomic E-state index is -0.296. The molecule has 0 aliphatic carbocycles. The van der Waals surface area contributed by atoms with Gasteiger partial charge in [0.25, 0.3) is 5.91 Å². The molecule has 0 bridgehead atoms. The maximum atomic E-state index is 12.1. The van der Waals surface area contributed by atoms with Crippen molar-refractivity contribution >= 4 is 22.4 Å². The molecule has 0 fully saturated rings. The molecule has 2 aromatic rings. The Morgan fingerprint density at radius 2 is 2.26 bits per heavy atom. The molecule has 0 aliphatic rings. The van der Waals surface area contributed by atoms with Gasteiger partial charge in [0, 0.05) is 6.20 Å². The molecule has 6 nitrogen and oxygen atoms in total. The molecule has 0 aliphatic heterocycles. The molecular formula is C12H14N4O2S. The fraction of sp³-hybridized carbons (Fsp3) is 0.333. The first kappa shape index (κ1) is 13.4. The summed E-state index contributed by atoms with van der Waals surface area (Å²) < 4.78 is 5.32. The van der Waals surface area contributed by atoms with E-state index in [4.69, 9.17) is 4.74 Å². The van der Waals surface area contributed by atoms with Crippen LogP contribution in [0.3, 0.4) is 0 Å². The molecule has 19 heavy (non-hydrogen) atoms. The Kier molecular flexibility index (Phi) is 4.40. The maximum absolute atomic E-state index is 12.1. The number of carbonyl (C=O) groups excluding carboxylic acids is 1. The summed E-state index contributed by atoms with van der Waals surface area (Å²) in [6.07, 6.45) is 2.38. The summed E-state index contributed by atoms with van der Waals surface area (Å²) in [5.74, 6) is 0.0260. The number of nitrogens with zero attached hydrogens (tertiary/aromatic N) is 3. The van der Waals surface area contributed by atoms with Gasteiger partial charge in [0.1, 0.15) is 10.6 Å². The van der Waals surface area contributed by atoms with Gasteiger partial charge in [-0.25, -0.2) is 4.98 Å². The van der Waals surface area contributed by atoms with Gasteiger partial charge in [0.15, 0.2) is 0 Å². The number of rotatable bonds is 5. The van der Waals surface area contributed by atoms with Crippen LogP contribution in [0.4, 0.5) is 5.13 Å². The second kappa shape index (κ2) is 6.24. The summed E-state index contributed by atoms with van der Waals surface area (Å²) in [5.41, 5.74) is 0.387. The first-order valence-electron chi connectivity index (χ1n) is 5.96. The van der Waals surface area contributed by atoms with E-state index in [2.05, 4.69) is 20.5 Å². The van der Waals surface area contributed by atoms with Crippen molar-refractivity contribution in [2.45, 2.75) is 20.3 Å². The highest BCUT2D eigenvalue weighted by molar-refractivity contribution is 7.15. The normalized spacial score (nSPS) is 10.2. The average Bonchev–Trinajstić information content (AvgIpc) is 2.87. The Balaban J connectivity index is 2.15. The average molecular weight is 278 g/mol. The third-order valence-corrected chi connectivity index (χ3v) is 3.27. The summed E-state index contributed by atoms with van der Waals surface area (Å²) in [6, 6.07) is 3.35. The molecule has 0 atom stereocenters. The number of carbonyl (C=O) groups is 1. The number of nitrogens with one attached hydrogen (secondary N) is 1. The van der Waals surface area contributed by atoms with E-state index < -0.39 is 0 Å². The summed E-state index contributed by atoms with van der Waals surface area (Å²) >= 11 is 1.36. The van der Waals surface area contributed by atoms with Gasteiger partial charge in [0.2, 0.25) is 11.0 Å². The highest BCUT2D eigenvalue weighted by atomic mass is 32.1. The van der Waals surface area contributed by atoms with E-state index in [9.17, 15) is 4.79 Å². The lowest BCUT2D eigenvalue weighted by atomic mass is 10.2. The van der Waals surface area contributed by atoms with Gasteiger partial charge in [-0.1, -0.05) is 18.3 Å². The standard InChI is InChI=1S/C12H14N4O2S/c1-3-9-15-16-12(19-9)14-10(17)8-6-5-7-13-11(8)18-4-2/h5-7H,3-4H2,1-2H3,(H,14,16,17). The van der Waals surface area contributed by atoms with E-state index in [-0.39, 0.29) is 5.91 Å². The SMILES string of the molecule is CCOc1ncccc1C(=O)Nc1nnc(CC)s1. The van der Waals surface area contributed by atoms with E-state index in [1.807, 2.05) is 13.8 Å². The summed E-state index contributed by atoms with van der Waals surface area (Å²) in [6.45, 7) is 4.28. The highest BCUT2D eigenvalue weighted by Gasteiger charge is 2.15. The Morgan fingerprint density at radius 3 is 2.95 bits per heavy atom. The molecule has 0 spiro atoms. The van der Waals surface area contributed by atoms with Gasteiger partial charge < -0.3 is 4.74 Å². The Bertz CT molecular complexity index is 570. The van der Waals surface area contributed by atoms with Crippen molar-refractivity contribution in [2.75, 3.05) is 11.9 Å². The van der Waals surface area contributed by atoms with Crippen molar-refractivity contribution in [1.29, 1.82) is 0 Å². The molecule has 1 N–H and O–H groups in total. The Labute approximate surface area is 114 Å². The summed E-state index contributed by atoms with van der Waals surface area (Å²) in [5, 5.41) is 11.9. The van der Waals surface area contributed by atoms with Crippen LogP contribution in [0.1, 0.15) is 29.2 Å². The van der Waals surface area contributed by atoms with E-state index in [0.29, 0.717) is 23.2 Å². The Morgan fingerprint density at radius 1 is 1.42 bits per heavy atom. The molecule has 0 radical (unpaired) electrons. The minimum absolute atomic E-state index is 0.296. The molecule has 2 rings (SSSR count). The van der Waals surface area contributed by atoms with Crippen LogP contribution in [-0.2, 0) is 6.42 Å². The smallest absolute Gasteiger partial charge is 0.262 e. The molecule has 2 aromatic heterocycles. The zero-order chi connectivity index (χ0) is 13.7. The molecule has 100 valence electrons. The first-order valence-corrected chi connectivity index (χ1v) is 6.77. The molecular weight excluding hydrogens is 264 g/mol. The molecule has 2 heterocycles. The van der Waals surface area contributed by atoms with Crippen LogP contribution in [0.25, 0.3) is 0 Å². The van der Waals surface area contributed by atoms with Gasteiger partial charge >= 0.3 is 0 Å². The lowest BCUT2D eigenvalue weighted by Crippen LogP contribution is -2.14. The van der Waals surface area contributed by atoms with E-state index in [0.717, 1.165) is 11.4 Å². The fourth-order valence-corrected chi connectivity index (χ4v) is 2.10. The second-order valence-electron chi connectivity index (χ2n) is 3.60. The van der Waals surface area contributed by atoms with Crippen LogP contribution in [0.5, 0.6) is 5.88 Å². The van der Waals surface area contributed by atoms with Crippen molar-refractivity contribution in [1.82, 2.24) is 15.2 Å². The zero-order valence-corrected chi connectivity index (χ0v) is 11.5. The summed E-state index contributed by atoms with van der Waals surface area (Å²) in [7, 11) is 0. The number of aromatic nitrogens is 3. The maximum Gasteiger partial charge on any atom is 0.262 e. The number of hydrogen-bond acceptors (Lipinski definition) is 6. The van der Waals surface area contributed by atoms with Gasteiger partial charge in [0.05, 0.1) is 6.61 Å². The van der Waals surface area contributed by atoms with Gasteiger partial charge in [-0.15, -0.1) is 10.2 Å². The van der Waals surface area contributed by atoms with Crippen LogP contribution in [0.2, 0.25) is 0 Å². The molecule has 0 saturated heterocycles. The predicted octanol–water partition coefficient (Wildman–Crippen LogP) is 2.15. The van der Waals surface area contributed by atoms with E-state index >= 15 is 0 Å². The van der Waals surface area contributed by atoms with Gasteiger partial charge in [-0.2, -0.15) is 0 Å². The molecule has 0 unspecified atom stereocenters. The largest absolute Gasteiger partial charge is 0.477 e. The van der Waals surface area contributed by atoms with Crippen molar-refractivity contribution in [3.8, 4) is 5.88 Å². The number of ether oxygens (including phenoxy) is 1. The number of hydrogen-bond donors (Lipinski definition) is 1.